The average Bonchev–Trinajstić information content (AvgIpc) is 3.12. The molecule has 3 N–H and O–H groups in total. The van der Waals surface area contributed by atoms with Gasteiger partial charge in [-0.05, 0) is 66.5 Å². The van der Waals surface area contributed by atoms with Gasteiger partial charge in [0, 0.05) is 39.2 Å². The first kappa shape index (κ1) is 49.6. The summed E-state index contributed by atoms with van der Waals surface area (Å²) in [6.07, 6.45) is -3.25. The molecule has 0 aromatic rings. The first-order chi connectivity index (χ1) is 27.3. The predicted molar refractivity (Wildman–Crippen MR) is 210 cm³/mol. The van der Waals surface area contributed by atoms with Crippen molar-refractivity contribution in [3.8, 4) is 0 Å². The van der Waals surface area contributed by atoms with Crippen LogP contribution in [0.4, 0.5) is 0 Å². The number of allylic oxidation sites excluding steroid dienone is 3. The molecule has 0 radical (unpaired) electrons. The number of carbonyl (C=O) groups excluding carboxylic acids is 4. The molecule has 58 heavy (non-hydrogen) atoms. The standard InChI is InChI=1S/C42H69NO15/c1-11-15-32(47)56-40-27(6)53-34(23-42(40,7)50)57-37-26(5)54-41(36(49)35(37)43(8)9)58-38-28(18-19-44)20-24(3)16-13-14-17-29(45)21-25(4)52-33(48)22-30(39(38)51-10)55-31(46)12-2/h13-14,16-17,19,24-30,34-41,45,49-50H,11-12,15,18,20-23H2,1-10H3/b16-13-,17-14-/t24-,25-,26-,27+,28-,29+,30-,34-,35-,36-,37-,38-,39+,40+,41+,42-/m1/s1. The van der Waals surface area contributed by atoms with E-state index < -0.39 is 116 Å². The van der Waals surface area contributed by atoms with E-state index in [4.69, 9.17) is 37.9 Å². The summed E-state index contributed by atoms with van der Waals surface area (Å²) in [5.74, 6) is -2.47. The quantitative estimate of drug-likeness (QED) is 0.139. The molecule has 3 aliphatic rings. The van der Waals surface area contributed by atoms with Crippen LogP contribution in [0.1, 0.15) is 99.8 Å². The lowest BCUT2D eigenvalue weighted by molar-refractivity contribution is -0.344. The highest BCUT2D eigenvalue weighted by atomic mass is 16.7. The van der Waals surface area contributed by atoms with E-state index in [0.29, 0.717) is 12.8 Å². The van der Waals surface area contributed by atoms with E-state index >= 15 is 0 Å². The second-order valence-electron chi connectivity index (χ2n) is 16.4. The van der Waals surface area contributed by atoms with Crippen molar-refractivity contribution in [2.45, 2.75) is 185 Å². The zero-order chi connectivity index (χ0) is 43.3. The lowest BCUT2D eigenvalue weighted by Gasteiger charge is -2.50. The van der Waals surface area contributed by atoms with Gasteiger partial charge in [0.05, 0.1) is 36.9 Å². The van der Waals surface area contributed by atoms with Gasteiger partial charge in [-0.15, -0.1) is 0 Å². The number of hydrogen-bond acceptors (Lipinski definition) is 16. The number of aliphatic hydroxyl groups excluding tert-OH is 2. The lowest BCUT2D eigenvalue weighted by atomic mass is 9.84. The summed E-state index contributed by atoms with van der Waals surface area (Å²) in [6, 6.07) is -0.761. The van der Waals surface area contributed by atoms with Crippen LogP contribution in [0.3, 0.4) is 0 Å². The van der Waals surface area contributed by atoms with Crippen molar-refractivity contribution in [1.29, 1.82) is 0 Å². The molecule has 3 aliphatic heterocycles. The van der Waals surface area contributed by atoms with E-state index in [-0.39, 0.29) is 38.0 Å². The number of ether oxygens (including phenoxy) is 8. The highest BCUT2D eigenvalue weighted by molar-refractivity contribution is 5.72. The molecule has 3 rings (SSSR count). The number of esters is 3. The van der Waals surface area contributed by atoms with Crippen molar-refractivity contribution in [3.63, 3.8) is 0 Å². The summed E-state index contributed by atoms with van der Waals surface area (Å²) in [7, 11) is 4.90. The zero-order valence-corrected chi connectivity index (χ0v) is 35.9. The van der Waals surface area contributed by atoms with E-state index in [1.54, 1.807) is 71.8 Å². The number of nitrogens with zero attached hydrogens (tertiary/aromatic N) is 1. The fourth-order valence-electron chi connectivity index (χ4n) is 8.09. The van der Waals surface area contributed by atoms with Crippen molar-refractivity contribution in [1.82, 2.24) is 4.90 Å². The Labute approximate surface area is 343 Å². The Morgan fingerprint density at radius 2 is 1.64 bits per heavy atom. The van der Waals surface area contributed by atoms with Crippen LogP contribution in [-0.4, -0.2) is 151 Å². The van der Waals surface area contributed by atoms with Gasteiger partial charge in [0.2, 0.25) is 0 Å². The van der Waals surface area contributed by atoms with Gasteiger partial charge in [-0.1, -0.05) is 45.1 Å². The van der Waals surface area contributed by atoms with E-state index in [1.807, 2.05) is 19.9 Å². The van der Waals surface area contributed by atoms with Gasteiger partial charge < -0.3 is 62.9 Å². The lowest BCUT2D eigenvalue weighted by Crippen LogP contribution is -2.66. The fourth-order valence-corrected chi connectivity index (χ4v) is 8.09. The van der Waals surface area contributed by atoms with Gasteiger partial charge in [-0.2, -0.15) is 0 Å². The second kappa shape index (κ2) is 23.3. The first-order valence-electron chi connectivity index (χ1n) is 20.6. The molecular formula is C42H69NO15. The summed E-state index contributed by atoms with van der Waals surface area (Å²) in [5, 5.41) is 34.0. The molecule has 16 atom stereocenters. The van der Waals surface area contributed by atoms with Crippen molar-refractivity contribution < 1.29 is 72.4 Å². The summed E-state index contributed by atoms with van der Waals surface area (Å²) >= 11 is 0. The average molecular weight is 828 g/mol. The van der Waals surface area contributed by atoms with Crippen LogP contribution in [0, 0.1) is 11.8 Å². The molecule has 16 nitrogen and oxygen atoms in total. The maximum Gasteiger partial charge on any atom is 0.309 e. The van der Waals surface area contributed by atoms with Crippen molar-refractivity contribution in [2.75, 3.05) is 21.2 Å². The number of methoxy groups -OCH3 is 1. The third-order valence-corrected chi connectivity index (χ3v) is 10.9. The van der Waals surface area contributed by atoms with E-state index in [0.717, 1.165) is 6.29 Å². The summed E-state index contributed by atoms with van der Waals surface area (Å²) < 4.78 is 48.7. The number of hydrogen-bond donors (Lipinski definition) is 3. The Balaban J connectivity index is 1.99. The Hall–Kier alpha value is -2.80. The van der Waals surface area contributed by atoms with Crippen LogP contribution < -0.4 is 0 Å². The van der Waals surface area contributed by atoms with Gasteiger partial charge in [0.25, 0.3) is 0 Å². The molecule has 0 amide bonds. The number of likely N-dealkylation sites (N-methyl/N-ethyl adjacent to an activating group) is 1. The smallest absolute Gasteiger partial charge is 0.309 e. The minimum atomic E-state index is -1.48. The molecule has 0 saturated carbocycles. The number of rotatable bonds is 13. The van der Waals surface area contributed by atoms with Crippen molar-refractivity contribution >= 4 is 24.2 Å². The molecule has 2 saturated heterocycles. The number of aliphatic hydroxyl groups is 3. The summed E-state index contributed by atoms with van der Waals surface area (Å²) in [6.45, 7) is 12.1. The third kappa shape index (κ3) is 14.2. The topological polar surface area (TPSA) is 206 Å². The normalized spacial score (nSPS) is 40.6. The maximum absolute atomic E-state index is 13.3. The van der Waals surface area contributed by atoms with Gasteiger partial charge in [-0.3, -0.25) is 14.4 Å². The molecule has 0 aliphatic carbocycles. The van der Waals surface area contributed by atoms with E-state index in [1.165, 1.54) is 7.11 Å². The van der Waals surface area contributed by atoms with Crippen LogP contribution in [0.15, 0.2) is 24.3 Å². The van der Waals surface area contributed by atoms with Gasteiger partial charge in [0.15, 0.2) is 18.7 Å². The Bertz CT molecular complexity index is 1370. The predicted octanol–water partition coefficient (Wildman–Crippen LogP) is 3.16. The minimum absolute atomic E-state index is 0.000517. The molecule has 0 spiro atoms. The fraction of sp³-hybridized carbons (Fsp3) is 0.810. The monoisotopic (exact) mass is 827 g/mol. The van der Waals surface area contributed by atoms with Crippen molar-refractivity contribution in [2.24, 2.45) is 11.8 Å². The largest absolute Gasteiger partial charge is 0.462 e. The molecule has 0 aromatic carbocycles. The van der Waals surface area contributed by atoms with Crippen LogP contribution in [0.2, 0.25) is 0 Å². The Kier molecular flexibility index (Phi) is 19.9. The number of carbonyl (C=O) groups is 4. The molecule has 0 unspecified atom stereocenters. The van der Waals surface area contributed by atoms with E-state index in [2.05, 4.69) is 0 Å². The summed E-state index contributed by atoms with van der Waals surface area (Å²) in [4.78, 5) is 52.6. The van der Waals surface area contributed by atoms with Crippen LogP contribution >= 0.6 is 0 Å². The molecular weight excluding hydrogens is 758 g/mol. The Morgan fingerprint density at radius 1 is 0.948 bits per heavy atom. The highest BCUT2D eigenvalue weighted by Crippen LogP contribution is 2.37. The first-order valence-corrected chi connectivity index (χ1v) is 20.6. The maximum atomic E-state index is 13.3. The molecule has 332 valence electrons. The van der Waals surface area contributed by atoms with Gasteiger partial charge in [-0.25, -0.2) is 0 Å². The van der Waals surface area contributed by atoms with Crippen molar-refractivity contribution in [3.05, 3.63) is 24.3 Å². The molecule has 0 aromatic heterocycles. The zero-order valence-electron chi connectivity index (χ0n) is 35.9. The minimum Gasteiger partial charge on any atom is -0.462 e. The molecule has 16 heteroatoms. The molecule has 2 fully saturated rings. The Morgan fingerprint density at radius 3 is 2.24 bits per heavy atom. The molecule has 0 bridgehead atoms. The highest BCUT2D eigenvalue weighted by Gasteiger charge is 2.53. The number of aldehydes is 1. The SMILES string of the molecule is CCCC(=O)O[C@H]1[C@H](C)O[C@H](O[C@H]2[C@H](N(C)C)[C@@H](O)[C@H](O[C@@H]3[C@H](CC=O)C[C@H](C)/C=C\C=C/[C@H](O)C[C@@H](C)OC(=O)C[C@@H](OC(=O)CC)[C@@H]3OC)O[C@@H]2C)C[C@@]1(C)O. The second-order valence-corrected chi connectivity index (χ2v) is 16.4. The van der Waals surface area contributed by atoms with E-state index in [9.17, 15) is 34.5 Å². The van der Waals surface area contributed by atoms with Crippen LogP contribution in [0.25, 0.3) is 0 Å². The summed E-state index contributed by atoms with van der Waals surface area (Å²) in [5.41, 5.74) is -1.48. The van der Waals surface area contributed by atoms with Crippen LogP contribution in [-0.2, 0) is 57.1 Å². The van der Waals surface area contributed by atoms with Gasteiger partial charge >= 0.3 is 17.9 Å². The van der Waals surface area contributed by atoms with Gasteiger partial charge in [0.1, 0.15) is 42.4 Å². The molecule has 3 heterocycles. The third-order valence-electron chi connectivity index (χ3n) is 10.9. The number of cyclic esters (lactones) is 1. The van der Waals surface area contributed by atoms with Crippen LogP contribution in [0.5, 0.6) is 0 Å².